The van der Waals surface area contributed by atoms with Crippen molar-refractivity contribution in [1.82, 2.24) is 0 Å². The van der Waals surface area contributed by atoms with Crippen molar-refractivity contribution < 1.29 is 4.79 Å². The molecular formula is C16H16Cl2N2O. The second kappa shape index (κ2) is 6.83. The van der Waals surface area contributed by atoms with Gasteiger partial charge in [0, 0.05) is 11.4 Å². The first-order valence-corrected chi connectivity index (χ1v) is 7.27. The molecule has 2 N–H and O–H groups in total. The molecule has 0 heterocycles. The molecule has 0 saturated heterocycles. The molecule has 0 fully saturated rings. The van der Waals surface area contributed by atoms with Crippen LogP contribution in [0.25, 0.3) is 0 Å². The number of hydrogen-bond donors (Lipinski definition) is 2. The summed E-state index contributed by atoms with van der Waals surface area (Å²) in [5.41, 5.74) is 3.72. The molecule has 21 heavy (non-hydrogen) atoms. The molecule has 0 unspecified atom stereocenters. The van der Waals surface area contributed by atoms with Gasteiger partial charge in [-0.1, -0.05) is 35.3 Å². The van der Waals surface area contributed by atoms with Gasteiger partial charge < -0.3 is 10.6 Å². The van der Waals surface area contributed by atoms with Crippen molar-refractivity contribution in [2.75, 3.05) is 17.2 Å². The van der Waals surface area contributed by atoms with Crippen LogP contribution >= 0.6 is 23.2 Å². The van der Waals surface area contributed by atoms with Gasteiger partial charge >= 0.3 is 0 Å². The molecule has 2 aromatic carbocycles. The largest absolute Gasteiger partial charge is 0.376 e. The van der Waals surface area contributed by atoms with Crippen LogP contribution in [0.3, 0.4) is 0 Å². The van der Waals surface area contributed by atoms with Gasteiger partial charge in [-0.15, -0.1) is 0 Å². The van der Waals surface area contributed by atoms with Crippen LogP contribution in [0.4, 0.5) is 11.4 Å². The highest BCUT2D eigenvalue weighted by molar-refractivity contribution is 6.42. The van der Waals surface area contributed by atoms with Crippen LogP contribution in [0.5, 0.6) is 0 Å². The number of carbonyl (C=O) groups excluding carboxylic acids is 1. The van der Waals surface area contributed by atoms with Crippen LogP contribution in [-0.2, 0) is 4.79 Å². The van der Waals surface area contributed by atoms with Crippen molar-refractivity contribution in [2.45, 2.75) is 13.8 Å². The van der Waals surface area contributed by atoms with E-state index in [1.807, 2.05) is 32.0 Å². The van der Waals surface area contributed by atoms with Crippen molar-refractivity contribution >= 4 is 40.5 Å². The highest BCUT2D eigenvalue weighted by atomic mass is 35.5. The van der Waals surface area contributed by atoms with E-state index in [0.717, 1.165) is 22.5 Å². The van der Waals surface area contributed by atoms with Gasteiger partial charge in [0.2, 0.25) is 5.91 Å². The van der Waals surface area contributed by atoms with Gasteiger partial charge in [-0.25, -0.2) is 0 Å². The maximum absolute atomic E-state index is 12.0. The Labute approximate surface area is 134 Å². The molecule has 0 aliphatic carbocycles. The molecule has 0 atom stereocenters. The van der Waals surface area contributed by atoms with E-state index in [0.29, 0.717) is 10.0 Å². The first-order chi connectivity index (χ1) is 9.95. The molecule has 2 aromatic rings. The van der Waals surface area contributed by atoms with E-state index in [9.17, 15) is 4.79 Å². The smallest absolute Gasteiger partial charge is 0.243 e. The Kier molecular flexibility index (Phi) is 5.10. The van der Waals surface area contributed by atoms with E-state index in [2.05, 4.69) is 10.6 Å². The summed E-state index contributed by atoms with van der Waals surface area (Å²) < 4.78 is 0. The average molecular weight is 323 g/mol. The maximum Gasteiger partial charge on any atom is 0.243 e. The molecule has 3 nitrogen and oxygen atoms in total. The lowest BCUT2D eigenvalue weighted by Gasteiger charge is -2.11. The predicted molar refractivity (Wildman–Crippen MR) is 89.5 cm³/mol. The molecule has 5 heteroatoms. The minimum absolute atomic E-state index is 0.116. The second-order valence-electron chi connectivity index (χ2n) is 4.85. The fraction of sp³-hybridized carbons (Fsp3) is 0.188. The normalized spacial score (nSPS) is 10.3. The van der Waals surface area contributed by atoms with Gasteiger partial charge in [0.05, 0.1) is 16.6 Å². The summed E-state index contributed by atoms with van der Waals surface area (Å²) >= 11 is 11.8. The van der Waals surface area contributed by atoms with Crippen molar-refractivity contribution in [2.24, 2.45) is 0 Å². The van der Waals surface area contributed by atoms with Gasteiger partial charge in [0.15, 0.2) is 0 Å². The van der Waals surface area contributed by atoms with E-state index in [1.165, 1.54) is 0 Å². The van der Waals surface area contributed by atoms with E-state index in [1.54, 1.807) is 18.2 Å². The molecule has 0 bridgehead atoms. The fourth-order valence-electron chi connectivity index (χ4n) is 1.85. The summed E-state index contributed by atoms with van der Waals surface area (Å²) in [6.45, 7) is 4.11. The number of carbonyl (C=O) groups is 1. The Hall–Kier alpha value is -1.71. The SMILES string of the molecule is Cc1ccc(C)c(NC(=O)CNc2ccc(Cl)c(Cl)c2)c1. The second-order valence-corrected chi connectivity index (χ2v) is 5.66. The lowest BCUT2D eigenvalue weighted by atomic mass is 10.1. The van der Waals surface area contributed by atoms with Crippen LogP contribution in [0.1, 0.15) is 11.1 Å². The highest BCUT2D eigenvalue weighted by Crippen LogP contribution is 2.24. The Morgan fingerprint density at radius 1 is 1.05 bits per heavy atom. The zero-order valence-corrected chi connectivity index (χ0v) is 13.3. The van der Waals surface area contributed by atoms with Gasteiger partial charge in [-0.3, -0.25) is 4.79 Å². The molecule has 1 amide bonds. The number of hydrogen-bond acceptors (Lipinski definition) is 2. The summed E-state index contributed by atoms with van der Waals surface area (Å²) in [5, 5.41) is 6.84. The molecule has 0 aliphatic heterocycles. The van der Waals surface area contributed by atoms with Gasteiger partial charge in [0.1, 0.15) is 0 Å². The number of rotatable bonds is 4. The zero-order chi connectivity index (χ0) is 15.4. The van der Waals surface area contributed by atoms with Crippen molar-refractivity contribution in [3.63, 3.8) is 0 Å². The fourth-order valence-corrected chi connectivity index (χ4v) is 2.15. The Morgan fingerprint density at radius 3 is 2.52 bits per heavy atom. The molecule has 0 spiro atoms. The summed E-state index contributed by atoms with van der Waals surface area (Å²) in [4.78, 5) is 12.0. The van der Waals surface area contributed by atoms with Crippen molar-refractivity contribution in [3.05, 3.63) is 57.6 Å². The van der Waals surface area contributed by atoms with Crippen LogP contribution < -0.4 is 10.6 Å². The van der Waals surface area contributed by atoms with Crippen molar-refractivity contribution in [3.8, 4) is 0 Å². The summed E-state index contributed by atoms with van der Waals surface area (Å²) in [5.74, 6) is -0.116. The standard InChI is InChI=1S/C16H16Cl2N2O/c1-10-3-4-11(2)15(7-10)20-16(21)9-19-12-5-6-13(17)14(18)8-12/h3-8,19H,9H2,1-2H3,(H,20,21). The summed E-state index contributed by atoms with van der Waals surface area (Å²) in [7, 11) is 0. The lowest BCUT2D eigenvalue weighted by molar-refractivity contribution is -0.114. The molecule has 0 saturated carbocycles. The predicted octanol–water partition coefficient (Wildman–Crippen LogP) is 4.66. The topological polar surface area (TPSA) is 41.1 Å². The Bertz CT molecular complexity index is 671. The minimum atomic E-state index is -0.116. The zero-order valence-electron chi connectivity index (χ0n) is 11.8. The number of halogens is 2. The van der Waals surface area contributed by atoms with Crippen LogP contribution in [0.2, 0.25) is 10.0 Å². The number of nitrogens with one attached hydrogen (secondary N) is 2. The molecule has 2 rings (SSSR count). The summed E-state index contributed by atoms with van der Waals surface area (Å²) in [6, 6.07) is 11.1. The van der Waals surface area contributed by atoms with E-state index >= 15 is 0 Å². The lowest BCUT2D eigenvalue weighted by Crippen LogP contribution is -2.22. The molecule has 0 aliphatic rings. The van der Waals surface area contributed by atoms with E-state index < -0.39 is 0 Å². The number of anilines is 2. The highest BCUT2D eigenvalue weighted by Gasteiger charge is 2.06. The Morgan fingerprint density at radius 2 is 1.81 bits per heavy atom. The van der Waals surface area contributed by atoms with E-state index in [4.69, 9.17) is 23.2 Å². The number of benzene rings is 2. The quantitative estimate of drug-likeness (QED) is 0.859. The van der Waals surface area contributed by atoms with Crippen LogP contribution in [0, 0.1) is 13.8 Å². The summed E-state index contributed by atoms with van der Waals surface area (Å²) in [6.07, 6.45) is 0. The first-order valence-electron chi connectivity index (χ1n) is 6.52. The molecule has 110 valence electrons. The van der Waals surface area contributed by atoms with Gasteiger partial charge in [0.25, 0.3) is 0 Å². The van der Waals surface area contributed by atoms with Gasteiger partial charge in [-0.05, 0) is 49.2 Å². The molecule has 0 radical (unpaired) electrons. The average Bonchev–Trinajstić information content (AvgIpc) is 2.44. The van der Waals surface area contributed by atoms with Gasteiger partial charge in [-0.2, -0.15) is 0 Å². The van der Waals surface area contributed by atoms with Crippen LogP contribution in [-0.4, -0.2) is 12.5 Å². The third kappa shape index (κ3) is 4.38. The third-order valence-corrected chi connectivity index (χ3v) is 3.78. The number of amides is 1. The molecular weight excluding hydrogens is 307 g/mol. The molecule has 0 aromatic heterocycles. The van der Waals surface area contributed by atoms with E-state index in [-0.39, 0.29) is 12.5 Å². The van der Waals surface area contributed by atoms with Crippen LogP contribution in [0.15, 0.2) is 36.4 Å². The Balaban J connectivity index is 1.95. The monoisotopic (exact) mass is 322 g/mol. The van der Waals surface area contributed by atoms with Crippen molar-refractivity contribution in [1.29, 1.82) is 0 Å². The minimum Gasteiger partial charge on any atom is -0.376 e. The first kappa shape index (κ1) is 15.7. The number of aryl methyl sites for hydroxylation is 2. The maximum atomic E-state index is 12.0. The third-order valence-electron chi connectivity index (χ3n) is 3.04.